The first-order valence-electron chi connectivity index (χ1n) is 7.58. The molecule has 20 heavy (non-hydrogen) atoms. The lowest BCUT2D eigenvalue weighted by atomic mass is 9.94. The van der Waals surface area contributed by atoms with Gasteiger partial charge in [-0.05, 0) is 38.0 Å². The van der Waals surface area contributed by atoms with Gasteiger partial charge in [-0.15, -0.1) is 0 Å². The van der Waals surface area contributed by atoms with Crippen LogP contribution < -0.4 is 5.32 Å². The van der Waals surface area contributed by atoms with Crippen LogP contribution in [0.15, 0.2) is 0 Å². The molecule has 114 valence electrons. The average molecular weight is 282 g/mol. The van der Waals surface area contributed by atoms with Gasteiger partial charge in [-0.3, -0.25) is 9.59 Å². The SMILES string of the molecule is COCCC(C)N1C(=O)C(C(C)C)NC(=O)C1C1CC1. The van der Waals surface area contributed by atoms with E-state index in [1.165, 1.54) is 0 Å². The van der Waals surface area contributed by atoms with E-state index in [0.717, 1.165) is 19.3 Å². The van der Waals surface area contributed by atoms with Crippen LogP contribution in [-0.2, 0) is 14.3 Å². The van der Waals surface area contributed by atoms with E-state index in [-0.39, 0.29) is 35.9 Å². The van der Waals surface area contributed by atoms with Crippen molar-refractivity contribution in [1.82, 2.24) is 10.2 Å². The van der Waals surface area contributed by atoms with Gasteiger partial charge in [0, 0.05) is 19.8 Å². The van der Waals surface area contributed by atoms with E-state index in [0.29, 0.717) is 12.5 Å². The number of carbonyl (C=O) groups is 2. The fourth-order valence-corrected chi connectivity index (χ4v) is 2.95. The van der Waals surface area contributed by atoms with Gasteiger partial charge in [0.1, 0.15) is 12.1 Å². The molecule has 0 aromatic heterocycles. The molecule has 2 fully saturated rings. The summed E-state index contributed by atoms with van der Waals surface area (Å²) in [6.45, 7) is 6.56. The Labute approximate surface area is 121 Å². The maximum absolute atomic E-state index is 12.7. The molecule has 2 amide bonds. The highest BCUT2D eigenvalue weighted by Gasteiger charge is 2.49. The molecule has 0 aromatic carbocycles. The quantitative estimate of drug-likeness (QED) is 0.795. The van der Waals surface area contributed by atoms with Crippen LogP contribution in [-0.4, -0.2) is 48.6 Å². The van der Waals surface area contributed by atoms with E-state index in [2.05, 4.69) is 5.32 Å². The summed E-state index contributed by atoms with van der Waals surface area (Å²) in [6.07, 6.45) is 2.86. The number of ether oxygens (including phenoxy) is 1. The molecule has 1 saturated carbocycles. The summed E-state index contributed by atoms with van der Waals surface area (Å²) in [6, 6.07) is -0.618. The molecule has 3 unspecified atom stereocenters. The molecule has 1 N–H and O–H groups in total. The van der Waals surface area contributed by atoms with Crippen LogP contribution in [0.25, 0.3) is 0 Å². The first-order chi connectivity index (χ1) is 9.47. The fourth-order valence-electron chi connectivity index (χ4n) is 2.95. The lowest BCUT2D eigenvalue weighted by molar-refractivity contribution is -0.154. The van der Waals surface area contributed by atoms with Gasteiger partial charge in [-0.2, -0.15) is 0 Å². The molecule has 1 aliphatic heterocycles. The molecule has 0 radical (unpaired) electrons. The van der Waals surface area contributed by atoms with Gasteiger partial charge in [0.05, 0.1) is 0 Å². The maximum Gasteiger partial charge on any atom is 0.246 e. The third kappa shape index (κ3) is 2.97. The van der Waals surface area contributed by atoms with Gasteiger partial charge < -0.3 is 15.0 Å². The van der Waals surface area contributed by atoms with Crippen molar-refractivity contribution in [2.45, 2.75) is 58.2 Å². The summed E-state index contributed by atoms with van der Waals surface area (Å²) < 4.78 is 5.11. The van der Waals surface area contributed by atoms with Crippen LogP contribution in [0.2, 0.25) is 0 Å². The number of nitrogens with zero attached hydrogens (tertiary/aromatic N) is 1. The van der Waals surface area contributed by atoms with Gasteiger partial charge >= 0.3 is 0 Å². The highest BCUT2D eigenvalue weighted by atomic mass is 16.5. The molecule has 5 nitrogen and oxygen atoms in total. The van der Waals surface area contributed by atoms with Crippen LogP contribution in [0.1, 0.15) is 40.0 Å². The van der Waals surface area contributed by atoms with Crippen LogP contribution in [0.5, 0.6) is 0 Å². The number of nitrogens with one attached hydrogen (secondary N) is 1. The second kappa shape index (κ2) is 6.12. The van der Waals surface area contributed by atoms with Crippen LogP contribution in [0.3, 0.4) is 0 Å². The monoisotopic (exact) mass is 282 g/mol. The Morgan fingerprint density at radius 1 is 1.30 bits per heavy atom. The Morgan fingerprint density at radius 2 is 1.95 bits per heavy atom. The van der Waals surface area contributed by atoms with Gasteiger partial charge in [-0.1, -0.05) is 13.8 Å². The topological polar surface area (TPSA) is 58.6 Å². The lowest BCUT2D eigenvalue weighted by Gasteiger charge is -2.43. The molecule has 1 saturated heterocycles. The van der Waals surface area contributed by atoms with E-state index < -0.39 is 0 Å². The second-order valence-corrected chi connectivity index (χ2v) is 6.39. The molecule has 3 atom stereocenters. The summed E-state index contributed by atoms with van der Waals surface area (Å²) in [5.74, 6) is 0.552. The van der Waals surface area contributed by atoms with Crippen molar-refractivity contribution >= 4 is 11.8 Å². The van der Waals surface area contributed by atoms with Crippen molar-refractivity contribution < 1.29 is 14.3 Å². The molecule has 1 heterocycles. The van der Waals surface area contributed by atoms with E-state index in [1.807, 2.05) is 25.7 Å². The van der Waals surface area contributed by atoms with Crippen molar-refractivity contribution in [3.8, 4) is 0 Å². The van der Waals surface area contributed by atoms with Crippen LogP contribution >= 0.6 is 0 Å². The Kier molecular flexibility index (Phi) is 4.68. The zero-order chi connectivity index (χ0) is 14.9. The predicted octanol–water partition coefficient (Wildman–Crippen LogP) is 1.17. The van der Waals surface area contributed by atoms with Crippen molar-refractivity contribution in [1.29, 1.82) is 0 Å². The Bertz CT molecular complexity index is 379. The van der Waals surface area contributed by atoms with E-state index in [1.54, 1.807) is 7.11 Å². The smallest absolute Gasteiger partial charge is 0.246 e. The molecule has 0 spiro atoms. The summed E-state index contributed by atoms with van der Waals surface area (Å²) in [5, 5.41) is 2.92. The zero-order valence-electron chi connectivity index (χ0n) is 12.9. The Hall–Kier alpha value is -1.10. The van der Waals surface area contributed by atoms with E-state index >= 15 is 0 Å². The molecule has 5 heteroatoms. The first kappa shape index (κ1) is 15.3. The zero-order valence-corrected chi connectivity index (χ0v) is 12.9. The minimum atomic E-state index is -0.387. The van der Waals surface area contributed by atoms with Gasteiger partial charge in [-0.25, -0.2) is 0 Å². The minimum absolute atomic E-state index is 0.0232. The summed E-state index contributed by atoms with van der Waals surface area (Å²) in [7, 11) is 1.66. The minimum Gasteiger partial charge on any atom is -0.385 e. The summed E-state index contributed by atoms with van der Waals surface area (Å²) in [5.41, 5.74) is 0. The van der Waals surface area contributed by atoms with Gasteiger partial charge in [0.25, 0.3) is 0 Å². The number of carbonyl (C=O) groups excluding carboxylic acids is 2. The fraction of sp³-hybridized carbons (Fsp3) is 0.867. The Balaban J connectivity index is 2.19. The molecular weight excluding hydrogens is 256 g/mol. The van der Waals surface area contributed by atoms with Gasteiger partial charge in [0.2, 0.25) is 11.8 Å². The molecular formula is C15H26N2O3. The highest BCUT2D eigenvalue weighted by molar-refractivity contribution is 5.97. The van der Waals surface area contributed by atoms with Crippen LogP contribution in [0.4, 0.5) is 0 Å². The standard InChI is InChI=1S/C15H26N2O3/c1-9(2)12-15(19)17(10(3)7-8-20-4)13(11-5-6-11)14(18)16-12/h9-13H,5-8H2,1-4H3,(H,16,18). The third-order valence-corrected chi connectivity index (χ3v) is 4.34. The van der Waals surface area contributed by atoms with Crippen molar-refractivity contribution in [2.75, 3.05) is 13.7 Å². The number of hydrogen-bond donors (Lipinski definition) is 1. The number of hydrogen-bond acceptors (Lipinski definition) is 3. The van der Waals surface area contributed by atoms with Gasteiger partial charge in [0.15, 0.2) is 0 Å². The first-order valence-corrected chi connectivity index (χ1v) is 7.58. The van der Waals surface area contributed by atoms with E-state index in [4.69, 9.17) is 4.74 Å². The van der Waals surface area contributed by atoms with Crippen molar-refractivity contribution in [2.24, 2.45) is 11.8 Å². The Morgan fingerprint density at radius 3 is 2.45 bits per heavy atom. The molecule has 0 aromatic rings. The summed E-state index contributed by atoms with van der Waals surface area (Å²) in [4.78, 5) is 27.0. The highest BCUT2D eigenvalue weighted by Crippen LogP contribution is 2.38. The normalized spacial score (nSPS) is 28.8. The number of amides is 2. The largest absolute Gasteiger partial charge is 0.385 e. The molecule has 2 rings (SSSR count). The second-order valence-electron chi connectivity index (χ2n) is 6.39. The number of piperazine rings is 1. The van der Waals surface area contributed by atoms with Crippen molar-refractivity contribution in [3.05, 3.63) is 0 Å². The summed E-state index contributed by atoms with van der Waals surface area (Å²) >= 11 is 0. The average Bonchev–Trinajstić information content (AvgIpc) is 3.21. The van der Waals surface area contributed by atoms with E-state index in [9.17, 15) is 9.59 Å². The number of methoxy groups -OCH3 is 1. The molecule has 1 aliphatic carbocycles. The molecule has 2 aliphatic rings. The maximum atomic E-state index is 12.7. The number of rotatable bonds is 6. The van der Waals surface area contributed by atoms with Crippen LogP contribution in [0, 0.1) is 11.8 Å². The third-order valence-electron chi connectivity index (χ3n) is 4.34. The lowest BCUT2D eigenvalue weighted by Crippen LogP contribution is -2.67. The van der Waals surface area contributed by atoms with Crippen molar-refractivity contribution in [3.63, 3.8) is 0 Å². The predicted molar refractivity (Wildman–Crippen MR) is 76.1 cm³/mol. The molecule has 0 bridgehead atoms.